The summed E-state index contributed by atoms with van der Waals surface area (Å²) in [7, 11) is 1.55. The number of hydrogen-bond acceptors (Lipinski definition) is 5. The Morgan fingerprint density at radius 3 is 2.66 bits per heavy atom. The molecule has 0 N–H and O–H groups in total. The summed E-state index contributed by atoms with van der Waals surface area (Å²) in [5.41, 5.74) is 4.69. The van der Waals surface area contributed by atoms with Crippen LogP contribution in [0.3, 0.4) is 0 Å². The summed E-state index contributed by atoms with van der Waals surface area (Å²) in [4.78, 5) is 25.9. The Bertz CT molecular complexity index is 1150. The Morgan fingerprint density at radius 2 is 1.97 bits per heavy atom. The quantitative estimate of drug-likeness (QED) is 0.543. The van der Waals surface area contributed by atoms with E-state index in [0.717, 1.165) is 41.4 Å². The van der Waals surface area contributed by atoms with Crippen molar-refractivity contribution in [2.75, 3.05) is 39.9 Å². The lowest BCUT2D eigenvalue weighted by atomic mass is 10.1. The molecule has 2 fully saturated rings. The first-order valence-corrected chi connectivity index (χ1v) is 11.6. The van der Waals surface area contributed by atoms with Crippen LogP contribution in [0.15, 0.2) is 30.6 Å². The van der Waals surface area contributed by atoms with Crippen LogP contribution in [0.5, 0.6) is 0 Å². The molecule has 9 heteroatoms. The zero-order valence-corrected chi connectivity index (χ0v) is 19.4. The van der Waals surface area contributed by atoms with Crippen LogP contribution in [0.1, 0.15) is 30.1 Å². The maximum Gasteiger partial charge on any atom is 0.248 e. The first-order chi connectivity index (χ1) is 15.5. The normalized spacial score (nSPS) is 17.3. The molecule has 1 saturated heterocycles. The molecule has 5 rings (SSSR count). The van der Waals surface area contributed by atoms with Gasteiger partial charge in [0.15, 0.2) is 5.65 Å². The van der Waals surface area contributed by atoms with E-state index in [2.05, 4.69) is 20.5 Å². The summed E-state index contributed by atoms with van der Waals surface area (Å²) in [6.07, 6.45) is 6.36. The van der Waals surface area contributed by atoms with Gasteiger partial charge in [-0.25, -0.2) is 4.98 Å². The molecule has 1 aromatic carbocycles. The van der Waals surface area contributed by atoms with Crippen molar-refractivity contribution < 1.29 is 9.53 Å². The molecule has 1 aliphatic carbocycles. The molecule has 0 spiro atoms. The summed E-state index contributed by atoms with van der Waals surface area (Å²) in [6, 6.07) is 5.51. The summed E-state index contributed by atoms with van der Waals surface area (Å²) < 4.78 is 7.15. The second-order valence-corrected chi connectivity index (χ2v) is 9.28. The van der Waals surface area contributed by atoms with Crippen molar-refractivity contribution in [1.29, 1.82) is 0 Å². The van der Waals surface area contributed by atoms with Gasteiger partial charge in [-0.1, -0.05) is 23.2 Å². The van der Waals surface area contributed by atoms with Gasteiger partial charge in [0.25, 0.3) is 0 Å². The Hall–Kier alpha value is -2.19. The fourth-order valence-corrected chi connectivity index (χ4v) is 4.74. The van der Waals surface area contributed by atoms with Gasteiger partial charge in [-0.2, -0.15) is 0 Å². The fraction of sp³-hybridized carbons (Fsp3) is 0.435. The molecule has 0 radical (unpaired) electrons. The third-order valence-corrected chi connectivity index (χ3v) is 6.72. The number of nitrogens with zero attached hydrogens (tertiary/aromatic N) is 5. The predicted molar refractivity (Wildman–Crippen MR) is 124 cm³/mol. The largest absolute Gasteiger partial charge is 0.375 e. The van der Waals surface area contributed by atoms with Crippen molar-refractivity contribution in [3.8, 4) is 11.3 Å². The zero-order valence-electron chi connectivity index (χ0n) is 17.9. The number of methoxy groups -OCH3 is 1. The molecule has 32 heavy (non-hydrogen) atoms. The van der Waals surface area contributed by atoms with Crippen LogP contribution in [0.4, 0.5) is 0 Å². The standard InChI is InChI=1S/C23H25Cl2N5O2/c1-32-14-22(31)29-8-6-28(7-9-29)13-20-23(17-5-4-16(24)10-18(17)25)27-21-11-26-19(12-30(20)21)15-2-3-15/h4-5,10-12,15H,2-3,6-9,13-14H2,1H3. The van der Waals surface area contributed by atoms with Crippen molar-refractivity contribution in [3.05, 3.63) is 52.0 Å². The second-order valence-electron chi connectivity index (χ2n) is 8.44. The van der Waals surface area contributed by atoms with Crippen LogP contribution < -0.4 is 0 Å². The molecular weight excluding hydrogens is 449 g/mol. The second kappa shape index (κ2) is 8.98. The monoisotopic (exact) mass is 473 g/mol. The maximum atomic E-state index is 12.1. The number of hydrogen-bond donors (Lipinski definition) is 0. The van der Waals surface area contributed by atoms with Gasteiger partial charge < -0.3 is 9.64 Å². The van der Waals surface area contributed by atoms with Crippen LogP contribution in [0.25, 0.3) is 16.9 Å². The van der Waals surface area contributed by atoms with Crippen molar-refractivity contribution in [1.82, 2.24) is 24.2 Å². The number of aromatic nitrogens is 3. The predicted octanol–water partition coefficient (Wildman–Crippen LogP) is 3.87. The Kier molecular flexibility index (Phi) is 6.07. The van der Waals surface area contributed by atoms with E-state index in [1.807, 2.05) is 23.2 Å². The molecule has 1 amide bonds. The number of carbonyl (C=O) groups excluding carboxylic acids is 1. The van der Waals surface area contributed by atoms with E-state index in [-0.39, 0.29) is 12.5 Å². The molecule has 3 aromatic rings. The third-order valence-electron chi connectivity index (χ3n) is 6.18. The van der Waals surface area contributed by atoms with Gasteiger partial charge in [0, 0.05) is 62.5 Å². The number of amides is 1. The Labute approximate surface area is 196 Å². The van der Waals surface area contributed by atoms with Gasteiger partial charge in [-0.3, -0.25) is 19.1 Å². The summed E-state index contributed by atoms with van der Waals surface area (Å²) in [6.45, 7) is 3.78. The number of imidazole rings is 1. The molecule has 1 saturated carbocycles. The van der Waals surface area contributed by atoms with E-state index >= 15 is 0 Å². The number of rotatable bonds is 6. The van der Waals surface area contributed by atoms with Gasteiger partial charge in [-0.05, 0) is 31.0 Å². The van der Waals surface area contributed by atoms with Crippen LogP contribution in [0, 0.1) is 0 Å². The molecule has 0 atom stereocenters. The Morgan fingerprint density at radius 1 is 1.19 bits per heavy atom. The summed E-state index contributed by atoms with van der Waals surface area (Å²) in [5, 5.41) is 1.17. The number of piperazine rings is 1. The van der Waals surface area contributed by atoms with E-state index in [1.165, 1.54) is 12.8 Å². The van der Waals surface area contributed by atoms with Crippen LogP contribution in [-0.2, 0) is 16.1 Å². The zero-order chi connectivity index (χ0) is 22.2. The highest BCUT2D eigenvalue weighted by atomic mass is 35.5. The third kappa shape index (κ3) is 4.35. The molecule has 168 valence electrons. The van der Waals surface area contributed by atoms with Gasteiger partial charge in [0.1, 0.15) is 6.61 Å². The van der Waals surface area contributed by atoms with Gasteiger partial charge in [0.05, 0.1) is 28.3 Å². The molecule has 0 bridgehead atoms. The van der Waals surface area contributed by atoms with Crippen LogP contribution >= 0.6 is 23.2 Å². The topological polar surface area (TPSA) is 63.0 Å². The number of carbonyl (C=O) groups is 1. The first-order valence-electron chi connectivity index (χ1n) is 10.8. The smallest absolute Gasteiger partial charge is 0.248 e. The van der Waals surface area contributed by atoms with Crippen molar-refractivity contribution in [2.24, 2.45) is 0 Å². The lowest BCUT2D eigenvalue weighted by Crippen LogP contribution is -2.49. The molecule has 3 heterocycles. The van der Waals surface area contributed by atoms with Gasteiger partial charge >= 0.3 is 0 Å². The number of fused-ring (bicyclic) bond motifs is 1. The number of halogens is 2. The minimum Gasteiger partial charge on any atom is -0.375 e. The van der Waals surface area contributed by atoms with E-state index in [9.17, 15) is 4.79 Å². The molecule has 7 nitrogen and oxygen atoms in total. The summed E-state index contributed by atoms with van der Waals surface area (Å²) in [5.74, 6) is 0.586. The van der Waals surface area contributed by atoms with Crippen molar-refractivity contribution >= 4 is 34.8 Å². The maximum absolute atomic E-state index is 12.1. The number of benzene rings is 1. The lowest BCUT2D eigenvalue weighted by molar-refractivity contribution is -0.136. The highest BCUT2D eigenvalue weighted by Gasteiger charge is 2.28. The SMILES string of the molecule is COCC(=O)N1CCN(Cc2c(-c3ccc(Cl)cc3Cl)nc3cnc(C4CC4)cn23)CC1. The molecule has 2 aliphatic rings. The van der Waals surface area contributed by atoms with E-state index < -0.39 is 0 Å². The summed E-state index contributed by atoms with van der Waals surface area (Å²) >= 11 is 12.7. The average Bonchev–Trinajstić information content (AvgIpc) is 3.58. The number of ether oxygens (including phenoxy) is 1. The highest BCUT2D eigenvalue weighted by molar-refractivity contribution is 6.36. The minimum absolute atomic E-state index is 0.0377. The Balaban J connectivity index is 1.47. The molecule has 2 aromatic heterocycles. The van der Waals surface area contributed by atoms with Gasteiger partial charge in [0.2, 0.25) is 5.91 Å². The van der Waals surface area contributed by atoms with Crippen LogP contribution in [-0.4, -0.2) is 70.0 Å². The molecule has 1 aliphatic heterocycles. The highest BCUT2D eigenvalue weighted by Crippen LogP contribution is 2.39. The molecule has 0 unspecified atom stereocenters. The first kappa shape index (κ1) is 21.6. The minimum atomic E-state index is 0.0377. The van der Waals surface area contributed by atoms with E-state index in [4.69, 9.17) is 32.9 Å². The molecular formula is C23H25Cl2N5O2. The van der Waals surface area contributed by atoms with E-state index in [0.29, 0.717) is 35.6 Å². The average molecular weight is 474 g/mol. The fourth-order valence-electron chi connectivity index (χ4n) is 4.24. The van der Waals surface area contributed by atoms with Crippen molar-refractivity contribution in [2.45, 2.75) is 25.3 Å². The van der Waals surface area contributed by atoms with Crippen molar-refractivity contribution in [3.63, 3.8) is 0 Å². The lowest BCUT2D eigenvalue weighted by Gasteiger charge is -2.34. The van der Waals surface area contributed by atoms with E-state index in [1.54, 1.807) is 13.2 Å². The van der Waals surface area contributed by atoms with Crippen LogP contribution in [0.2, 0.25) is 10.0 Å². The van der Waals surface area contributed by atoms with Gasteiger partial charge in [-0.15, -0.1) is 0 Å².